The molecule has 2 rings (SSSR count). The minimum atomic E-state index is -1.15. The largest absolute Gasteiger partial charge is 0.469 e. The molecule has 23 heavy (non-hydrogen) atoms. The lowest BCUT2D eigenvalue weighted by molar-refractivity contribution is -0.139. The van der Waals surface area contributed by atoms with Gasteiger partial charge in [0.2, 0.25) is 0 Å². The molecule has 4 unspecified atom stereocenters. The summed E-state index contributed by atoms with van der Waals surface area (Å²) in [4.78, 5) is 37.2. The number of carbonyl (C=O) groups is 1. The van der Waals surface area contributed by atoms with Crippen LogP contribution in [0.3, 0.4) is 0 Å². The summed E-state index contributed by atoms with van der Waals surface area (Å²) in [6, 6.07) is 0. The molecule has 0 spiro atoms. The number of H-pyrrole nitrogens is 1. The van der Waals surface area contributed by atoms with Gasteiger partial charge < -0.3 is 24.4 Å². The van der Waals surface area contributed by atoms with Gasteiger partial charge in [-0.25, -0.2) is 4.79 Å². The summed E-state index contributed by atoms with van der Waals surface area (Å²) < 4.78 is 16.0. The monoisotopic (exact) mass is 330 g/mol. The second-order valence-electron chi connectivity index (χ2n) is 5.01. The third-order valence-corrected chi connectivity index (χ3v) is 3.64. The molecule has 0 radical (unpaired) electrons. The smallest absolute Gasteiger partial charge is 0.330 e. The van der Waals surface area contributed by atoms with Crippen LogP contribution in [0.2, 0.25) is 0 Å². The first-order valence-corrected chi connectivity index (χ1v) is 6.81. The molecule has 10 nitrogen and oxygen atoms in total. The quantitative estimate of drug-likeness (QED) is 0.504. The molecule has 1 saturated heterocycles. The van der Waals surface area contributed by atoms with Crippen LogP contribution in [-0.4, -0.2) is 64.9 Å². The number of rotatable bonds is 5. The molecule has 3 N–H and O–H groups in total. The molecule has 1 aliphatic rings. The average Bonchev–Trinajstić information content (AvgIpc) is 2.85. The first kappa shape index (κ1) is 17.3. The van der Waals surface area contributed by atoms with E-state index in [-0.39, 0.29) is 12.0 Å². The number of hydrogen-bond donors (Lipinski definition) is 3. The van der Waals surface area contributed by atoms with Crippen molar-refractivity contribution in [3.63, 3.8) is 0 Å². The molecule has 1 aromatic heterocycles. The van der Waals surface area contributed by atoms with Gasteiger partial charge >= 0.3 is 11.7 Å². The normalized spacial score (nSPS) is 27.1. The molecule has 2 heterocycles. The van der Waals surface area contributed by atoms with E-state index in [1.807, 2.05) is 0 Å². The van der Waals surface area contributed by atoms with Crippen LogP contribution < -0.4 is 11.2 Å². The van der Waals surface area contributed by atoms with Crippen LogP contribution in [0.5, 0.6) is 0 Å². The van der Waals surface area contributed by atoms with Crippen LogP contribution in [0.15, 0.2) is 15.8 Å². The second-order valence-corrected chi connectivity index (χ2v) is 5.01. The van der Waals surface area contributed by atoms with Gasteiger partial charge in [0.05, 0.1) is 20.1 Å². The summed E-state index contributed by atoms with van der Waals surface area (Å²) in [5.41, 5.74) is -1.51. The number of aromatic amines is 1. The van der Waals surface area contributed by atoms with Crippen molar-refractivity contribution in [2.75, 3.05) is 20.8 Å². The van der Waals surface area contributed by atoms with Crippen LogP contribution in [-0.2, 0) is 25.4 Å². The molecule has 0 aliphatic carbocycles. The van der Waals surface area contributed by atoms with Gasteiger partial charge in [0.15, 0.2) is 6.23 Å². The predicted molar refractivity (Wildman–Crippen MR) is 74.8 cm³/mol. The van der Waals surface area contributed by atoms with Crippen LogP contribution in [0, 0.1) is 0 Å². The van der Waals surface area contributed by atoms with Gasteiger partial charge in [0.25, 0.3) is 5.56 Å². The SMILES string of the molecule is COC(=O)Cc1cn(C2OC(CO)C(O)C2OC)c(=O)[nH]c1=O. The zero-order valence-corrected chi connectivity index (χ0v) is 12.6. The summed E-state index contributed by atoms with van der Waals surface area (Å²) in [7, 11) is 2.49. The van der Waals surface area contributed by atoms with Gasteiger partial charge in [-0.1, -0.05) is 0 Å². The number of nitrogens with zero attached hydrogens (tertiary/aromatic N) is 1. The van der Waals surface area contributed by atoms with Crippen LogP contribution in [0.1, 0.15) is 11.8 Å². The Bertz CT molecular complexity index is 681. The number of esters is 1. The molecule has 10 heteroatoms. The van der Waals surface area contributed by atoms with Crippen molar-refractivity contribution in [1.29, 1.82) is 0 Å². The van der Waals surface area contributed by atoms with Crippen LogP contribution in [0.25, 0.3) is 0 Å². The van der Waals surface area contributed by atoms with E-state index in [1.54, 1.807) is 0 Å². The van der Waals surface area contributed by atoms with Crippen molar-refractivity contribution in [2.24, 2.45) is 0 Å². The number of carbonyl (C=O) groups excluding carboxylic acids is 1. The third kappa shape index (κ3) is 3.34. The first-order chi connectivity index (χ1) is 10.9. The van der Waals surface area contributed by atoms with Crippen LogP contribution in [0.4, 0.5) is 0 Å². The van der Waals surface area contributed by atoms with Crippen molar-refractivity contribution in [2.45, 2.75) is 31.0 Å². The molecule has 0 bridgehead atoms. The van der Waals surface area contributed by atoms with Crippen LogP contribution >= 0.6 is 0 Å². The summed E-state index contributed by atoms with van der Waals surface area (Å²) in [6.07, 6.45) is -3.26. The van der Waals surface area contributed by atoms with E-state index in [9.17, 15) is 24.6 Å². The van der Waals surface area contributed by atoms with E-state index in [1.165, 1.54) is 14.2 Å². The highest BCUT2D eigenvalue weighted by Gasteiger charge is 2.45. The molecule has 0 amide bonds. The zero-order valence-electron chi connectivity index (χ0n) is 12.6. The highest BCUT2D eigenvalue weighted by Crippen LogP contribution is 2.30. The summed E-state index contributed by atoms with van der Waals surface area (Å²) in [6.45, 7) is -0.468. The molecule has 1 aliphatic heterocycles. The lowest BCUT2D eigenvalue weighted by Gasteiger charge is -2.20. The van der Waals surface area contributed by atoms with Crippen molar-refractivity contribution >= 4 is 5.97 Å². The molecule has 1 aromatic rings. The Kier molecular flexibility index (Phi) is 5.31. The molecule has 1 fully saturated rings. The van der Waals surface area contributed by atoms with E-state index in [0.717, 1.165) is 10.8 Å². The second kappa shape index (κ2) is 7.04. The number of hydrogen-bond acceptors (Lipinski definition) is 8. The fraction of sp³-hybridized carbons (Fsp3) is 0.615. The van der Waals surface area contributed by atoms with E-state index in [2.05, 4.69) is 9.72 Å². The Labute approximate surface area is 130 Å². The van der Waals surface area contributed by atoms with Gasteiger partial charge in [-0.15, -0.1) is 0 Å². The molecular weight excluding hydrogens is 312 g/mol. The van der Waals surface area contributed by atoms with Gasteiger partial charge in [0.1, 0.15) is 18.3 Å². The minimum Gasteiger partial charge on any atom is -0.469 e. The van der Waals surface area contributed by atoms with E-state index in [0.29, 0.717) is 0 Å². The topological polar surface area (TPSA) is 140 Å². The Balaban J connectivity index is 2.42. The zero-order chi connectivity index (χ0) is 17.1. The maximum absolute atomic E-state index is 12.0. The fourth-order valence-electron chi connectivity index (χ4n) is 2.42. The summed E-state index contributed by atoms with van der Waals surface area (Å²) >= 11 is 0. The molecular formula is C13H18N2O8. The van der Waals surface area contributed by atoms with Gasteiger partial charge in [-0.2, -0.15) is 0 Å². The molecule has 0 saturated carbocycles. The maximum Gasteiger partial charge on any atom is 0.330 e. The number of methoxy groups -OCH3 is 2. The molecule has 128 valence electrons. The number of nitrogens with one attached hydrogen (secondary N) is 1. The Morgan fingerprint density at radius 2 is 2.13 bits per heavy atom. The molecule has 4 atom stereocenters. The van der Waals surface area contributed by atoms with Gasteiger partial charge in [0, 0.05) is 18.9 Å². The van der Waals surface area contributed by atoms with E-state index in [4.69, 9.17) is 9.47 Å². The Morgan fingerprint density at radius 3 is 2.70 bits per heavy atom. The lowest BCUT2D eigenvalue weighted by atomic mass is 10.1. The Morgan fingerprint density at radius 1 is 1.43 bits per heavy atom. The van der Waals surface area contributed by atoms with E-state index < -0.39 is 48.4 Å². The standard InChI is InChI=1S/C13H18N2O8/c1-21-8(17)3-6-4-15(13(20)14-11(6)19)12-10(22-2)9(18)7(5-16)23-12/h4,7,9-10,12,16,18H,3,5H2,1-2H3,(H,14,19,20). The Hall–Kier alpha value is -2.01. The summed E-state index contributed by atoms with van der Waals surface area (Å²) in [5, 5.41) is 19.2. The van der Waals surface area contributed by atoms with Crippen molar-refractivity contribution in [3.8, 4) is 0 Å². The number of aliphatic hydroxyl groups is 2. The number of aromatic nitrogens is 2. The highest BCUT2D eigenvalue weighted by molar-refractivity contribution is 5.72. The lowest BCUT2D eigenvalue weighted by Crippen LogP contribution is -2.40. The predicted octanol–water partition coefficient (Wildman–Crippen LogP) is -2.48. The van der Waals surface area contributed by atoms with Gasteiger partial charge in [-0.3, -0.25) is 19.1 Å². The summed E-state index contributed by atoms with van der Waals surface area (Å²) in [5.74, 6) is -0.649. The highest BCUT2D eigenvalue weighted by atomic mass is 16.6. The van der Waals surface area contributed by atoms with Crippen molar-refractivity contribution in [1.82, 2.24) is 9.55 Å². The van der Waals surface area contributed by atoms with Crippen molar-refractivity contribution < 1.29 is 29.2 Å². The van der Waals surface area contributed by atoms with Crippen molar-refractivity contribution in [3.05, 3.63) is 32.6 Å². The number of aliphatic hydroxyl groups excluding tert-OH is 2. The minimum absolute atomic E-state index is 0.00292. The third-order valence-electron chi connectivity index (χ3n) is 3.64. The average molecular weight is 330 g/mol. The van der Waals surface area contributed by atoms with E-state index >= 15 is 0 Å². The fourth-order valence-corrected chi connectivity index (χ4v) is 2.42. The van der Waals surface area contributed by atoms with Gasteiger partial charge in [-0.05, 0) is 0 Å². The first-order valence-electron chi connectivity index (χ1n) is 6.81. The maximum atomic E-state index is 12.0. The number of ether oxygens (including phenoxy) is 3. The molecule has 0 aromatic carbocycles.